The molecule has 0 aliphatic carbocycles. The lowest BCUT2D eigenvalue weighted by Crippen LogP contribution is -2.04. The van der Waals surface area contributed by atoms with Gasteiger partial charge in [-0.15, -0.1) is 0 Å². The van der Waals surface area contributed by atoms with E-state index in [2.05, 4.69) is 17.6 Å². The summed E-state index contributed by atoms with van der Waals surface area (Å²) >= 11 is 0. The molecule has 0 radical (unpaired) electrons. The summed E-state index contributed by atoms with van der Waals surface area (Å²) in [4.78, 5) is 20.0. The van der Waals surface area contributed by atoms with Crippen molar-refractivity contribution in [2.45, 2.75) is 6.92 Å². The van der Waals surface area contributed by atoms with Crippen LogP contribution in [-0.2, 0) is 9.59 Å². The summed E-state index contributed by atoms with van der Waals surface area (Å²) in [6.07, 6.45) is 1.06. The van der Waals surface area contributed by atoms with Gasteiger partial charge in [0.1, 0.15) is 0 Å². The third-order valence-electron chi connectivity index (χ3n) is 1.30. The maximum atomic E-state index is 10.5. The Hall–Kier alpha value is -2.10. The third kappa shape index (κ3) is 8.24. The minimum absolute atomic E-state index is 0.0359. The van der Waals surface area contributed by atoms with Gasteiger partial charge in [-0.25, -0.2) is 0 Å². The normalized spacial score (nSPS) is 8.07. The van der Waals surface area contributed by atoms with Crippen LogP contribution in [0.5, 0.6) is 0 Å². The highest BCUT2D eigenvalue weighted by Crippen LogP contribution is 2.03. The van der Waals surface area contributed by atoms with Crippen LogP contribution < -0.4 is 11.1 Å². The first-order valence-electron chi connectivity index (χ1n) is 4.30. The number of rotatable bonds is 2. The van der Waals surface area contributed by atoms with Gasteiger partial charge in [0.2, 0.25) is 11.8 Å². The molecule has 0 saturated heterocycles. The lowest BCUT2D eigenvalue weighted by atomic mass is 10.3. The summed E-state index contributed by atoms with van der Waals surface area (Å²) in [5.41, 5.74) is 5.38. The second-order valence-corrected chi connectivity index (χ2v) is 2.65. The van der Waals surface area contributed by atoms with E-state index in [9.17, 15) is 9.59 Å². The molecule has 0 fully saturated rings. The van der Waals surface area contributed by atoms with Crippen molar-refractivity contribution in [2.24, 2.45) is 5.73 Å². The number of benzene rings is 1. The number of nitrogens with one attached hydrogen (secondary N) is 1. The van der Waals surface area contributed by atoms with Gasteiger partial charge >= 0.3 is 0 Å². The quantitative estimate of drug-likeness (QED) is 0.716. The Morgan fingerprint density at radius 1 is 1.33 bits per heavy atom. The number of carbonyl (C=O) groups excluding carboxylic acids is 2. The fourth-order valence-corrected chi connectivity index (χ4v) is 0.725. The molecule has 3 N–H and O–H groups in total. The predicted octanol–water partition coefficient (Wildman–Crippen LogP) is 1.30. The fourth-order valence-electron chi connectivity index (χ4n) is 0.725. The van der Waals surface area contributed by atoms with Crippen LogP contribution in [0.15, 0.2) is 43.0 Å². The molecule has 0 spiro atoms. The molecule has 0 aromatic heterocycles. The summed E-state index contributed by atoms with van der Waals surface area (Å²) in [5, 5.41) is 2.67. The molecule has 0 aliphatic heterocycles. The first-order valence-corrected chi connectivity index (χ1v) is 4.30. The van der Waals surface area contributed by atoms with E-state index in [4.69, 9.17) is 0 Å². The van der Waals surface area contributed by atoms with Crippen LogP contribution in [0.4, 0.5) is 5.69 Å². The van der Waals surface area contributed by atoms with Crippen LogP contribution in [0.2, 0.25) is 0 Å². The van der Waals surface area contributed by atoms with Gasteiger partial charge in [0.15, 0.2) is 0 Å². The third-order valence-corrected chi connectivity index (χ3v) is 1.30. The van der Waals surface area contributed by atoms with Crippen molar-refractivity contribution in [1.82, 2.24) is 0 Å². The number of primary amides is 1. The van der Waals surface area contributed by atoms with Gasteiger partial charge in [-0.1, -0.05) is 24.8 Å². The highest BCUT2D eigenvalue weighted by atomic mass is 16.1. The number of hydrogen-bond acceptors (Lipinski definition) is 2. The second kappa shape index (κ2) is 7.32. The van der Waals surface area contributed by atoms with Crippen molar-refractivity contribution < 1.29 is 9.59 Å². The van der Waals surface area contributed by atoms with Gasteiger partial charge in [0.05, 0.1) is 0 Å². The SMILES string of the molecule is C=CC(N)=O.CC(=O)Nc1ccccc1. The van der Waals surface area contributed by atoms with Gasteiger partial charge in [-0.05, 0) is 18.2 Å². The number of nitrogens with two attached hydrogens (primary N) is 1. The number of amides is 2. The minimum atomic E-state index is -0.481. The molecule has 0 heterocycles. The average Bonchev–Trinajstić information content (AvgIpc) is 2.19. The molecule has 0 unspecified atom stereocenters. The van der Waals surface area contributed by atoms with E-state index < -0.39 is 5.91 Å². The van der Waals surface area contributed by atoms with E-state index in [1.54, 1.807) is 0 Å². The van der Waals surface area contributed by atoms with Gasteiger partial charge < -0.3 is 11.1 Å². The topological polar surface area (TPSA) is 72.2 Å². The first kappa shape index (κ1) is 12.9. The zero-order valence-corrected chi connectivity index (χ0v) is 8.57. The van der Waals surface area contributed by atoms with E-state index in [0.29, 0.717) is 0 Å². The Morgan fingerprint density at radius 2 is 1.80 bits per heavy atom. The van der Waals surface area contributed by atoms with E-state index in [0.717, 1.165) is 11.8 Å². The second-order valence-electron chi connectivity index (χ2n) is 2.65. The van der Waals surface area contributed by atoms with Gasteiger partial charge in [-0.3, -0.25) is 9.59 Å². The van der Waals surface area contributed by atoms with Crippen molar-refractivity contribution in [3.63, 3.8) is 0 Å². The molecule has 0 bridgehead atoms. The van der Waals surface area contributed by atoms with Crippen molar-refractivity contribution in [3.05, 3.63) is 43.0 Å². The number of carbonyl (C=O) groups is 2. The van der Waals surface area contributed by atoms with Crippen LogP contribution in [0.3, 0.4) is 0 Å². The van der Waals surface area contributed by atoms with Crippen molar-refractivity contribution >= 4 is 17.5 Å². The molecule has 2 amide bonds. The van der Waals surface area contributed by atoms with E-state index in [1.165, 1.54) is 6.92 Å². The smallest absolute Gasteiger partial charge is 0.240 e. The van der Waals surface area contributed by atoms with Crippen LogP contribution in [0, 0.1) is 0 Å². The Bertz CT molecular complexity index is 334. The molecule has 1 aromatic carbocycles. The monoisotopic (exact) mass is 206 g/mol. The van der Waals surface area contributed by atoms with Gasteiger partial charge in [0, 0.05) is 12.6 Å². The van der Waals surface area contributed by atoms with E-state index in [1.807, 2.05) is 30.3 Å². The molecule has 0 aliphatic rings. The molecule has 0 saturated carbocycles. The molecule has 15 heavy (non-hydrogen) atoms. The largest absolute Gasteiger partial charge is 0.366 e. The Labute approximate surface area is 88.8 Å². The van der Waals surface area contributed by atoms with Crippen molar-refractivity contribution in [3.8, 4) is 0 Å². The molecule has 1 aromatic rings. The molecular formula is C11H14N2O2. The summed E-state index contributed by atoms with van der Waals surface area (Å²) in [6, 6.07) is 9.37. The Kier molecular flexibility index (Phi) is 6.29. The molecular weight excluding hydrogens is 192 g/mol. The number of para-hydroxylation sites is 1. The zero-order chi connectivity index (χ0) is 11.7. The zero-order valence-electron chi connectivity index (χ0n) is 8.57. The summed E-state index contributed by atoms with van der Waals surface area (Å²) in [7, 11) is 0. The number of anilines is 1. The summed E-state index contributed by atoms with van der Waals surface area (Å²) in [5.74, 6) is -0.517. The maximum Gasteiger partial charge on any atom is 0.240 e. The predicted molar refractivity (Wildman–Crippen MR) is 60.1 cm³/mol. The van der Waals surface area contributed by atoms with Crippen molar-refractivity contribution in [1.29, 1.82) is 0 Å². The van der Waals surface area contributed by atoms with Crippen LogP contribution in [0.25, 0.3) is 0 Å². The van der Waals surface area contributed by atoms with Crippen LogP contribution >= 0.6 is 0 Å². The Balaban J connectivity index is 0.000000336. The molecule has 4 nitrogen and oxygen atoms in total. The highest BCUT2D eigenvalue weighted by molar-refractivity contribution is 5.88. The molecule has 1 rings (SSSR count). The first-order chi connectivity index (χ1) is 7.06. The lowest BCUT2D eigenvalue weighted by molar-refractivity contribution is -0.114. The number of hydrogen-bond donors (Lipinski definition) is 2. The summed E-state index contributed by atoms with van der Waals surface area (Å²) in [6.45, 7) is 4.58. The molecule has 80 valence electrons. The Morgan fingerprint density at radius 3 is 2.13 bits per heavy atom. The maximum absolute atomic E-state index is 10.5. The lowest BCUT2D eigenvalue weighted by Gasteiger charge is -1.98. The van der Waals surface area contributed by atoms with Crippen molar-refractivity contribution in [2.75, 3.05) is 5.32 Å². The van der Waals surface area contributed by atoms with E-state index >= 15 is 0 Å². The fraction of sp³-hybridized carbons (Fsp3) is 0.0909. The van der Waals surface area contributed by atoms with Crippen LogP contribution in [0.1, 0.15) is 6.92 Å². The molecule has 4 heteroatoms. The van der Waals surface area contributed by atoms with E-state index in [-0.39, 0.29) is 5.91 Å². The highest BCUT2D eigenvalue weighted by Gasteiger charge is 1.90. The van der Waals surface area contributed by atoms with Gasteiger partial charge in [-0.2, -0.15) is 0 Å². The minimum Gasteiger partial charge on any atom is -0.366 e. The summed E-state index contributed by atoms with van der Waals surface area (Å²) < 4.78 is 0. The van der Waals surface area contributed by atoms with Crippen LogP contribution in [-0.4, -0.2) is 11.8 Å². The van der Waals surface area contributed by atoms with Gasteiger partial charge in [0.25, 0.3) is 0 Å². The molecule has 0 atom stereocenters. The average molecular weight is 206 g/mol. The standard InChI is InChI=1S/C8H9NO.C3H5NO/c1-7(10)9-8-5-3-2-4-6-8;1-2-3(4)5/h2-6H,1H3,(H,9,10);2H,1H2,(H2,4,5).